The number of aliphatic hydroxyl groups is 2. The van der Waals surface area contributed by atoms with Crippen LogP contribution in [0.5, 0.6) is 0 Å². The third-order valence-electron chi connectivity index (χ3n) is 10.4. The van der Waals surface area contributed by atoms with E-state index in [2.05, 4.69) is 105 Å². The highest BCUT2D eigenvalue weighted by molar-refractivity contribution is 5.77. The number of ether oxygens (including phenoxy) is 1. The van der Waals surface area contributed by atoms with Crippen molar-refractivity contribution in [2.24, 2.45) is 0 Å². The maximum Gasteiger partial charge on any atom is 0.306 e. The predicted molar refractivity (Wildman–Crippen MR) is 263 cm³/mol. The van der Waals surface area contributed by atoms with Gasteiger partial charge >= 0.3 is 5.97 Å². The molecule has 6 nitrogen and oxygen atoms in total. The molecule has 0 aliphatic carbocycles. The molecule has 3 unspecified atom stereocenters. The molecule has 0 radical (unpaired) electrons. The van der Waals surface area contributed by atoms with Gasteiger partial charge in [0.05, 0.1) is 25.2 Å². The first-order valence-corrected chi connectivity index (χ1v) is 24.7. The fourth-order valence-electron chi connectivity index (χ4n) is 6.76. The Morgan fingerprint density at radius 1 is 0.508 bits per heavy atom. The lowest BCUT2D eigenvalue weighted by molar-refractivity contribution is -0.151. The smallest absolute Gasteiger partial charge is 0.306 e. The first-order valence-electron chi connectivity index (χ1n) is 24.7. The molecule has 0 aromatic heterocycles. The minimum Gasteiger partial charge on any atom is -0.462 e. The highest BCUT2D eigenvalue weighted by Gasteiger charge is 2.24. The molecule has 0 saturated heterocycles. The summed E-state index contributed by atoms with van der Waals surface area (Å²) < 4.78 is 5.89. The molecule has 3 atom stereocenters. The first kappa shape index (κ1) is 57.5. The number of hydrogen-bond acceptors (Lipinski definition) is 5. The predicted octanol–water partition coefficient (Wildman–Crippen LogP) is 14.7. The minimum atomic E-state index is -0.810. The molecule has 61 heavy (non-hydrogen) atoms. The number of amides is 1. The van der Waals surface area contributed by atoms with Crippen LogP contribution in [0.3, 0.4) is 0 Å². The summed E-state index contributed by atoms with van der Waals surface area (Å²) in [7, 11) is 0. The second-order valence-corrected chi connectivity index (χ2v) is 16.2. The van der Waals surface area contributed by atoms with E-state index in [-0.39, 0.29) is 24.9 Å². The molecule has 0 spiro atoms. The van der Waals surface area contributed by atoms with Gasteiger partial charge in [0.25, 0.3) is 0 Å². The van der Waals surface area contributed by atoms with Crippen LogP contribution in [0.25, 0.3) is 0 Å². The number of rotatable bonds is 42. The van der Waals surface area contributed by atoms with Gasteiger partial charge < -0.3 is 20.3 Å². The number of aliphatic hydroxyl groups excluding tert-OH is 2. The Balaban J connectivity index is 4.71. The van der Waals surface area contributed by atoms with Crippen LogP contribution >= 0.6 is 0 Å². The summed E-state index contributed by atoms with van der Waals surface area (Å²) in [4.78, 5) is 26.1. The van der Waals surface area contributed by atoms with Gasteiger partial charge in [-0.25, -0.2) is 0 Å². The maximum absolute atomic E-state index is 13.2. The van der Waals surface area contributed by atoms with Crippen LogP contribution in [-0.4, -0.2) is 46.9 Å². The molecule has 0 saturated carbocycles. The van der Waals surface area contributed by atoms with Gasteiger partial charge in [0.1, 0.15) is 6.10 Å². The van der Waals surface area contributed by atoms with Gasteiger partial charge in [-0.05, 0) is 89.9 Å². The molecule has 0 aromatic carbocycles. The van der Waals surface area contributed by atoms with Crippen molar-refractivity contribution in [3.8, 4) is 0 Å². The number of carbonyl (C=O) groups is 2. The standard InChI is InChI=1S/C55H91NO5/c1-4-7-10-13-16-19-22-24-25-26-27-28-29-31-33-36-39-42-45-48-55(60)61-51(46-43-40-37-34-32-30-23-20-17-14-11-8-5-2)49-54(59)56-52(50-57)53(58)47-44-41-38-35-21-18-15-12-9-6-3/h7-8,10-11,14,16-17,19-20,23-25,27-28,30-33,51-53,57-58H,4-6,9,12-13,15,18,21-22,26,29,34-50H2,1-3H3,(H,56,59)/b10-7-,11-8+,17-14+,19-16-,23-20+,25-24-,28-27-,32-30-,33-31-. The van der Waals surface area contributed by atoms with Crippen molar-refractivity contribution in [2.45, 2.75) is 219 Å². The topological polar surface area (TPSA) is 95.9 Å². The molecule has 0 rings (SSSR count). The van der Waals surface area contributed by atoms with Crippen molar-refractivity contribution >= 4 is 11.9 Å². The Morgan fingerprint density at radius 2 is 0.967 bits per heavy atom. The second kappa shape index (κ2) is 47.6. The lowest BCUT2D eigenvalue weighted by atomic mass is 10.0. The molecular weight excluding hydrogens is 755 g/mol. The van der Waals surface area contributed by atoms with E-state index in [0.717, 1.165) is 109 Å². The van der Waals surface area contributed by atoms with Crippen LogP contribution in [0, 0.1) is 0 Å². The van der Waals surface area contributed by atoms with Crippen LogP contribution in [0.1, 0.15) is 201 Å². The molecule has 0 heterocycles. The molecule has 1 amide bonds. The maximum atomic E-state index is 13.2. The summed E-state index contributed by atoms with van der Waals surface area (Å²) in [6.07, 6.45) is 64.3. The van der Waals surface area contributed by atoms with Crippen molar-refractivity contribution in [2.75, 3.05) is 6.61 Å². The molecule has 0 fully saturated rings. The Labute approximate surface area is 375 Å². The average molecular weight is 846 g/mol. The third-order valence-corrected chi connectivity index (χ3v) is 10.4. The van der Waals surface area contributed by atoms with Gasteiger partial charge in [0, 0.05) is 6.42 Å². The van der Waals surface area contributed by atoms with Crippen molar-refractivity contribution < 1.29 is 24.5 Å². The summed E-state index contributed by atoms with van der Waals surface area (Å²) in [6.45, 7) is 6.18. The Bertz CT molecular complexity index is 1270. The van der Waals surface area contributed by atoms with Crippen LogP contribution in [0.4, 0.5) is 0 Å². The second-order valence-electron chi connectivity index (χ2n) is 16.2. The minimum absolute atomic E-state index is 0.0307. The summed E-state index contributed by atoms with van der Waals surface area (Å²) in [6, 6.07) is -0.727. The summed E-state index contributed by atoms with van der Waals surface area (Å²) in [5, 5.41) is 23.7. The molecular formula is C55H91NO5. The van der Waals surface area contributed by atoms with Crippen LogP contribution in [0.2, 0.25) is 0 Å². The van der Waals surface area contributed by atoms with Gasteiger partial charge in [0.15, 0.2) is 0 Å². The summed E-state index contributed by atoms with van der Waals surface area (Å²) in [5.74, 6) is -0.564. The van der Waals surface area contributed by atoms with Crippen LogP contribution < -0.4 is 5.32 Å². The zero-order chi connectivity index (χ0) is 44.5. The van der Waals surface area contributed by atoms with E-state index >= 15 is 0 Å². The monoisotopic (exact) mass is 846 g/mol. The van der Waals surface area contributed by atoms with E-state index in [0.29, 0.717) is 19.3 Å². The fourth-order valence-corrected chi connectivity index (χ4v) is 6.76. The Hall–Kier alpha value is -3.48. The van der Waals surface area contributed by atoms with E-state index < -0.39 is 18.2 Å². The van der Waals surface area contributed by atoms with Gasteiger partial charge in [0.2, 0.25) is 5.91 Å². The van der Waals surface area contributed by atoms with E-state index in [1.54, 1.807) is 0 Å². The largest absolute Gasteiger partial charge is 0.462 e. The van der Waals surface area contributed by atoms with E-state index in [4.69, 9.17) is 4.74 Å². The summed E-state index contributed by atoms with van der Waals surface area (Å²) >= 11 is 0. The summed E-state index contributed by atoms with van der Waals surface area (Å²) in [5.41, 5.74) is 0. The molecule has 3 N–H and O–H groups in total. The van der Waals surface area contributed by atoms with Crippen molar-refractivity contribution in [3.63, 3.8) is 0 Å². The van der Waals surface area contributed by atoms with Gasteiger partial charge in [-0.3, -0.25) is 9.59 Å². The highest BCUT2D eigenvalue weighted by atomic mass is 16.5. The molecule has 346 valence electrons. The molecule has 0 aromatic rings. The van der Waals surface area contributed by atoms with E-state index in [9.17, 15) is 19.8 Å². The third kappa shape index (κ3) is 43.0. The highest BCUT2D eigenvalue weighted by Crippen LogP contribution is 2.16. The molecule has 0 bridgehead atoms. The number of nitrogens with one attached hydrogen (secondary N) is 1. The van der Waals surface area contributed by atoms with Crippen molar-refractivity contribution in [1.29, 1.82) is 0 Å². The van der Waals surface area contributed by atoms with Gasteiger partial charge in [-0.1, -0.05) is 207 Å². The zero-order valence-corrected chi connectivity index (χ0v) is 39.2. The number of esters is 1. The molecule has 0 aliphatic rings. The fraction of sp³-hybridized carbons (Fsp3) is 0.636. The lowest BCUT2D eigenvalue weighted by Crippen LogP contribution is -2.46. The first-order chi connectivity index (χ1) is 30.0. The van der Waals surface area contributed by atoms with Gasteiger partial charge in [-0.2, -0.15) is 0 Å². The van der Waals surface area contributed by atoms with E-state index in [1.807, 2.05) is 30.4 Å². The Morgan fingerprint density at radius 3 is 1.54 bits per heavy atom. The average Bonchev–Trinajstić information content (AvgIpc) is 3.25. The SMILES string of the molecule is CC/C=C\C/C=C\C/C=C\C/C=C\C/C=C\CCCCCC(=O)OC(CCCCC\C=C/C=C/C=C/C=C/CC)CC(=O)NC(CO)C(O)CCCCCCCCCCCC. The zero-order valence-electron chi connectivity index (χ0n) is 39.2. The lowest BCUT2D eigenvalue weighted by Gasteiger charge is -2.24. The molecule has 0 aliphatic heterocycles. The van der Waals surface area contributed by atoms with Gasteiger partial charge in [-0.15, -0.1) is 0 Å². The van der Waals surface area contributed by atoms with Crippen LogP contribution in [-0.2, 0) is 14.3 Å². The van der Waals surface area contributed by atoms with E-state index in [1.165, 1.54) is 44.9 Å². The number of hydrogen-bond donors (Lipinski definition) is 3. The van der Waals surface area contributed by atoms with Crippen molar-refractivity contribution in [1.82, 2.24) is 5.32 Å². The van der Waals surface area contributed by atoms with Crippen LogP contribution in [0.15, 0.2) is 109 Å². The number of carbonyl (C=O) groups excluding carboxylic acids is 2. The normalized spacial score (nSPS) is 14.2. The quantitative estimate of drug-likeness (QED) is 0.0246. The molecule has 6 heteroatoms. The Kier molecular flexibility index (Phi) is 44.9. The number of allylic oxidation sites excluding steroid dienone is 18. The number of unbranched alkanes of at least 4 members (excludes halogenated alkanes) is 15. The van der Waals surface area contributed by atoms with Crippen molar-refractivity contribution in [3.05, 3.63) is 109 Å².